The van der Waals surface area contributed by atoms with Gasteiger partial charge >= 0.3 is 12.1 Å². The molecule has 1 atom stereocenters. The lowest BCUT2D eigenvalue weighted by molar-refractivity contribution is -0.141. The van der Waals surface area contributed by atoms with E-state index < -0.39 is 24.0 Å². The molecule has 2 N–H and O–H groups in total. The summed E-state index contributed by atoms with van der Waals surface area (Å²) in [6.07, 6.45) is 0.688. The minimum atomic E-state index is -1.13. The van der Waals surface area contributed by atoms with Crippen LogP contribution in [0.5, 0.6) is 0 Å². The zero-order chi connectivity index (χ0) is 24.2. The zero-order valence-corrected chi connectivity index (χ0v) is 18.9. The summed E-state index contributed by atoms with van der Waals surface area (Å²) in [7, 11) is 0. The molecule has 8 heteroatoms. The summed E-state index contributed by atoms with van der Waals surface area (Å²) in [6.45, 7) is 3.40. The van der Waals surface area contributed by atoms with Gasteiger partial charge in [-0.3, -0.25) is 10.1 Å². The average molecular weight is 460 g/mol. The highest BCUT2D eigenvalue weighted by atomic mass is 16.5. The zero-order valence-electron chi connectivity index (χ0n) is 18.9. The first kappa shape index (κ1) is 23.0. The molecule has 8 nitrogen and oxygen atoms in total. The number of carbonyl (C=O) groups is 3. The van der Waals surface area contributed by atoms with E-state index in [0.29, 0.717) is 0 Å². The molecule has 0 saturated carbocycles. The number of fused-ring (bicyclic) bond motifs is 3. The maximum Gasteiger partial charge on any atom is 0.411 e. The Morgan fingerprint density at radius 3 is 2.24 bits per heavy atom. The minimum Gasteiger partial charge on any atom is -0.480 e. The van der Waals surface area contributed by atoms with Crippen molar-refractivity contribution in [3.63, 3.8) is 0 Å². The largest absolute Gasteiger partial charge is 0.480 e. The molecule has 1 aromatic heterocycles. The van der Waals surface area contributed by atoms with Crippen LogP contribution in [-0.4, -0.2) is 52.2 Å². The molecule has 0 bridgehead atoms. The van der Waals surface area contributed by atoms with Gasteiger partial charge in [-0.2, -0.15) is 0 Å². The quantitative estimate of drug-likeness (QED) is 0.543. The molecule has 4 rings (SSSR count). The maximum atomic E-state index is 13.0. The second-order valence-corrected chi connectivity index (χ2v) is 7.96. The van der Waals surface area contributed by atoms with E-state index in [0.717, 1.165) is 22.3 Å². The number of pyridine rings is 1. The van der Waals surface area contributed by atoms with Crippen LogP contribution in [0.25, 0.3) is 11.1 Å². The van der Waals surface area contributed by atoms with Crippen molar-refractivity contribution in [1.82, 2.24) is 9.88 Å². The Hall–Kier alpha value is -4.20. The van der Waals surface area contributed by atoms with Gasteiger partial charge in [0.15, 0.2) is 5.69 Å². The summed E-state index contributed by atoms with van der Waals surface area (Å²) < 4.78 is 5.55. The van der Waals surface area contributed by atoms with Crippen molar-refractivity contribution in [1.29, 1.82) is 0 Å². The van der Waals surface area contributed by atoms with E-state index >= 15 is 0 Å². The third kappa shape index (κ3) is 4.34. The second kappa shape index (κ2) is 9.74. The normalized spacial score (nSPS) is 12.9. The van der Waals surface area contributed by atoms with E-state index in [1.165, 1.54) is 24.1 Å². The van der Waals surface area contributed by atoms with Gasteiger partial charge in [0.25, 0.3) is 5.91 Å². The molecule has 34 heavy (non-hydrogen) atoms. The summed E-state index contributed by atoms with van der Waals surface area (Å²) in [4.78, 5) is 42.3. The number of benzene rings is 2. The fourth-order valence-corrected chi connectivity index (χ4v) is 4.28. The molecule has 0 saturated heterocycles. The smallest absolute Gasteiger partial charge is 0.411 e. The number of aliphatic carboxylic acids is 1. The van der Waals surface area contributed by atoms with Crippen LogP contribution in [0, 0.1) is 0 Å². The Bertz CT molecular complexity index is 1200. The predicted molar refractivity (Wildman–Crippen MR) is 127 cm³/mol. The van der Waals surface area contributed by atoms with Crippen molar-refractivity contribution in [2.45, 2.75) is 25.8 Å². The van der Waals surface area contributed by atoms with Crippen LogP contribution in [0.15, 0.2) is 66.9 Å². The minimum absolute atomic E-state index is 0.0500. The standard InChI is InChI=1S/C26H25N3O5/c1-3-29(16(2)25(31)32)24(30)23-22(13-8-14-27-23)28-26(33)34-15-21-19-11-6-4-9-17(19)18-10-5-7-12-20(18)21/h4-14,16,21H,3,15H2,1-2H3,(H,28,33)(H,31,32). The molecule has 1 aliphatic carbocycles. The van der Waals surface area contributed by atoms with Gasteiger partial charge in [0.05, 0.1) is 5.69 Å². The van der Waals surface area contributed by atoms with Crippen molar-refractivity contribution in [3.8, 4) is 11.1 Å². The SMILES string of the molecule is CCN(C(=O)c1ncccc1NC(=O)OCC1c2ccccc2-c2ccccc21)C(C)C(=O)O. The summed E-state index contributed by atoms with van der Waals surface area (Å²) in [5, 5.41) is 11.9. The van der Waals surface area contributed by atoms with E-state index in [4.69, 9.17) is 4.74 Å². The molecule has 3 aromatic rings. The van der Waals surface area contributed by atoms with Gasteiger partial charge in [-0.05, 0) is 48.2 Å². The number of carboxylic acid groups (broad SMARTS) is 1. The third-order valence-electron chi connectivity index (χ3n) is 6.02. The van der Waals surface area contributed by atoms with Crippen LogP contribution < -0.4 is 5.32 Å². The van der Waals surface area contributed by atoms with Crippen LogP contribution in [-0.2, 0) is 9.53 Å². The van der Waals surface area contributed by atoms with Crippen LogP contribution in [0.1, 0.15) is 41.4 Å². The van der Waals surface area contributed by atoms with Gasteiger partial charge in [0, 0.05) is 18.7 Å². The number of hydrogen-bond donors (Lipinski definition) is 2. The summed E-state index contributed by atoms with van der Waals surface area (Å²) in [6, 6.07) is 18.1. The lowest BCUT2D eigenvalue weighted by Gasteiger charge is -2.25. The van der Waals surface area contributed by atoms with Gasteiger partial charge < -0.3 is 14.7 Å². The molecule has 1 unspecified atom stereocenters. The van der Waals surface area contributed by atoms with E-state index in [1.807, 2.05) is 36.4 Å². The second-order valence-electron chi connectivity index (χ2n) is 7.96. The molecular weight excluding hydrogens is 434 g/mol. The summed E-state index contributed by atoms with van der Waals surface area (Å²) in [5.41, 5.74) is 4.54. The summed E-state index contributed by atoms with van der Waals surface area (Å²) in [5.74, 6) is -1.82. The number of amides is 2. The molecule has 2 aromatic carbocycles. The van der Waals surface area contributed by atoms with Crippen LogP contribution in [0.4, 0.5) is 10.5 Å². The van der Waals surface area contributed by atoms with Crippen molar-refractivity contribution in [2.24, 2.45) is 0 Å². The molecule has 2 amide bonds. The third-order valence-corrected chi connectivity index (χ3v) is 6.02. The van der Waals surface area contributed by atoms with Gasteiger partial charge in [-0.1, -0.05) is 48.5 Å². The fourth-order valence-electron chi connectivity index (χ4n) is 4.28. The number of nitrogens with one attached hydrogen (secondary N) is 1. The molecule has 0 aliphatic heterocycles. The molecule has 1 aliphatic rings. The van der Waals surface area contributed by atoms with Crippen molar-refractivity contribution in [3.05, 3.63) is 83.7 Å². The Balaban J connectivity index is 1.49. The van der Waals surface area contributed by atoms with E-state index in [1.54, 1.807) is 13.0 Å². The lowest BCUT2D eigenvalue weighted by atomic mass is 9.98. The number of rotatable bonds is 7. The van der Waals surface area contributed by atoms with E-state index in [2.05, 4.69) is 22.4 Å². The van der Waals surface area contributed by atoms with Crippen LogP contribution >= 0.6 is 0 Å². The Labute approximate surface area is 197 Å². The number of hydrogen-bond acceptors (Lipinski definition) is 5. The van der Waals surface area contributed by atoms with Crippen molar-refractivity contribution < 1.29 is 24.2 Å². The Kier molecular flexibility index (Phi) is 6.58. The predicted octanol–water partition coefficient (Wildman–Crippen LogP) is 4.38. The number of ether oxygens (including phenoxy) is 1. The van der Waals surface area contributed by atoms with Crippen molar-refractivity contribution in [2.75, 3.05) is 18.5 Å². The topological polar surface area (TPSA) is 109 Å². The Morgan fingerprint density at radius 1 is 1.03 bits per heavy atom. The fraction of sp³-hybridized carbons (Fsp3) is 0.231. The number of aromatic nitrogens is 1. The Morgan fingerprint density at radius 2 is 1.65 bits per heavy atom. The number of carbonyl (C=O) groups excluding carboxylic acids is 2. The maximum absolute atomic E-state index is 13.0. The monoisotopic (exact) mass is 459 g/mol. The first-order valence-corrected chi connectivity index (χ1v) is 11.0. The van der Waals surface area contributed by atoms with E-state index in [-0.39, 0.29) is 30.5 Å². The number of carboxylic acids is 1. The highest BCUT2D eigenvalue weighted by Gasteiger charge is 2.30. The molecule has 0 spiro atoms. The van der Waals surface area contributed by atoms with Crippen LogP contribution in [0.3, 0.4) is 0 Å². The van der Waals surface area contributed by atoms with Crippen molar-refractivity contribution >= 4 is 23.7 Å². The van der Waals surface area contributed by atoms with Gasteiger partial charge in [0.1, 0.15) is 12.6 Å². The average Bonchev–Trinajstić information content (AvgIpc) is 3.17. The highest BCUT2D eigenvalue weighted by Crippen LogP contribution is 2.44. The first-order valence-electron chi connectivity index (χ1n) is 11.0. The molecule has 0 fully saturated rings. The number of nitrogens with zero attached hydrogens (tertiary/aromatic N) is 2. The molecular formula is C26H25N3O5. The highest BCUT2D eigenvalue weighted by molar-refractivity contribution is 6.02. The van der Waals surface area contributed by atoms with Gasteiger partial charge in [0.2, 0.25) is 0 Å². The van der Waals surface area contributed by atoms with E-state index in [9.17, 15) is 19.5 Å². The van der Waals surface area contributed by atoms with Gasteiger partial charge in [-0.15, -0.1) is 0 Å². The first-order chi connectivity index (χ1) is 16.4. The van der Waals surface area contributed by atoms with Crippen LogP contribution in [0.2, 0.25) is 0 Å². The number of likely N-dealkylation sites (N-methyl/N-ethyl adjacent to an activating group) is 1. The molecule has 174 valence electrons. The molecule has 0 radical (unpaired) electrons. The lowest BCUT2D eigenvalue weighted by Crippen LogP contribution is -2.43. The van der Waals surface area contributed by atoms with Gasteiger partial charge in [-0.25, -0.2) is 14.6 Å². The summed E-state index contributed by atoms with van der Waals surface area (Å²) >= 11 is 0. The molecule has 1 heterocycles. The number of anilines is 1.